The van der Waals surface area contributed by atoms with Crippen LogP contribution in [0.25, 0.3) is 22.2 Å². The minimum atomic E-state index is -0.606. The Hall–Kier alpha value is -2.31. The van der Waals surface area contributed by atoms with E-state index in [9.17, 15) is 13.2 Å². The monoisotopic (exact) mass is 400 g/mol. The van der Waals surface area contributed by atoms with Gasteiger partial charge in [-0.05, 0) is 79.6 Å². The third-order valence-electron chi connectivity index (χ3n) is 6.30. The fourth-order valence-electron chi connectivity index (χ4n) is 4.55. The van der Waals surface area contributed by atoms with Crippen LogP contribution in [-0.4, -0.2) is 30.3 Å². The van der Waals surface area contributed by atoms with Crippen LogP contribution >= 0.6 is 0 Å². The van der Waals surface area contributed by atoms with Gasteiger partial charge in [0.2, 0.25) is 0 Å². The topological polar surface area (TPSA) is 37.0 Å². The second-order valence-electron chi connectivity index (χ2n) is 8.70. The molecule has 2 heterocycles. The van der Waals surface area contributed by atoms with Gasteiger partial charge in [-0.15, -0.1) is 0 Å². The third kappa shape index (κ3) is 3.34. The maximum Gasteiger partial charge on any atom is 0.150 e. The van der Waals surface area contributed by atoms with Crippen molar-refractivity contribution in [3.05, 3.63) is 59.4 Å². The van der Waals surface area contributed by atoms with Gasteiger partial charge < -0.3 is 15.0 Å². The lowest BCUT2D eigenvalue weighted by molar-refractivity contribution is -0.0669. The van der Waals surface area contributed by atoms with E-state index in [4.69, 9.17) is 4.74 Å². The van der Waals surface area contributed by atoms with E-state index in [1.807, 2.05) is 0 Å². The molecule has 1 aliphatic heterocycles. The second-order valence-corrected chi connectivity index (χ2v) is 8.70. The van der Waals surface area contributed by atoms with Crippen LogP contribution < -0.4 is 5.32 Å². The van der Waals surface area contributed by atoms with Crippen molar-refractivity contribution in [2.45, 2.75) is 31.2 Å². The van der Waals surface area contributed by atoms with Gasteiger partial charge in [0.1, 0.15) is 17.5 Å². The number of benzene rings is 2. The van der Waals surface area contributed by atoms with Crippen molar-refractivity contribution in [2.24, 2.45) is 5.92 Å². The molecular weight excluding hydrogens is 377 g/mol. The maximum atomic E-state index is 14.4. The number of H-pyrrole nitrogens is 1. The molecule has 0 atom stereocenters. The van der Waals surface area contributed by atoms with Crippen molar-refractivity contribution in [2.75, 3.05) is 19.8 Å². The molecule has 1 aromatic heterocycles. The molecule has 1 aliphatic carbocycles. The van der Waals surface area contributed by atoms with Gasteiger partial charge in [0.15, 0.2) is 0 Å². The highest BCUT2D eigenvalue weighted by atomic mass is 19.1. The Kier molecular flexibility index (Phi) is 4.44. The van der Waals surface area contributed by atoms with E-state index in [-0.39, 0.29) is 17.3 Å². The number of hydrogen-bond donors (Lipinski definition) is 2. The van der Waals surface area contributed by atoms with Crippen molar-refractivity contribution in [1.29, 1.82) is 0 Å². The number of ether oxygens (including phenoxy) is 1. The molecule has 5 rings (SSSR count). The second kappa shape index (κ2) is 6.89. The van der Waals surface area contributed by atoms with Gasteiger partial charge in [-0.25, -0.2) is 13.2 Å². The van der Waals surface area contributed by atoms with Crippen molar-refractivity contribution >= 4 is 10.9 Å². The van der Waals surface area contributed by atoms with E-state index in [1.165, 1.54) is 18.2 Å². The summed E-state index contributed by atoms with van der Waals surface area (Å²) < 4.78 is 47.1. The lowest BCUT2D eigenvalue weighted by atomic mass is 9.70. The highest BCUT2D eigenvalue weighted by Gasteiger charge is 2.38. The van der Waals surface area contributed by atoms with Crippen molar-refractivity contribution in [3.8, 4) is 11.3 Å². The number of fused-ring (bicyclic) bond motifs is 1. The Labute approximate surface area is 167 Å². The first-order valence-electron chi connectivity index (χ1n) is 10.0. The molecule has 0 bridgehead atoms. The molecule has 1 saturated heterocycles. The summed E-state index contributed by atoms with van der Waals surface area (Å²) in [4.78, 5) is 3.14. The van der Waals surface area contributed by atoms with Crippen LogP contribution in [0.5, 0.6) is 0 Å². The predicted molar refractivity (Wildman–Crippen MR) is 106 cm³/mol. The summed E-state index contributed by atoms with van der Waals surface area (Å²) in [7, 11) is 0. The normalized spacial score (nSPS) is 23.0. The SMILES string of the molecule is CC1(NCC2CC(c3c(-c4ccc(F)cc4)[nH]c4c(F)cc(F)cc34)C2)COC1. The Morgan fingerprint density at radius 3 is 2.45 bits per heavy atom. The van der Waals surface area contributed by atoms with E-state index in [0.29, 0.717) is 16.8 Å². The highest BCUT2D eigenvalue weighted by molar-refractivity contribution is 5.92. The summed E-state index contributed by atoms with van der Waals surface area (Å²) in [5.74, 6) is -0.794. The fraction of sp³-hybridized carbons (Fsp3) is 0.391. The standard InChI is InChI=1S/C23H23F3N2O/c1-23(11-29-12-23)27-10-13-6-15(7-13)20-18-8-17(25)9-19(26)22(18)28-21(20)14-2-4-16(24)5-3-14/h2-5,8-9,13,15,27-28H,6-7,10-12H2,1H3. The van der Waals surface area contributed by atoms with Gasteiger partial charge in [-0.1, -0.05) is 0 Å². The van der Waals surface area contributed by atoms with Crippen LogP contribution in [0, 0.1) is 23.4 Å². The molecule has 0 amide bonds. The first-order valence-corrected chi connectivity index (χ1v) is 10.0. The van der Waals surface area contributed by atoms with Gasteiger partial charge in [0, 0.05) is 11.5 Å². The van der Waals surface area contributed by atoms with Crippen LogP contribution in [0.2, 0.25) is 0 Å². The van der Waals surface area contributed by atoms with Crippen molar-refractivity contribution in [3.63, 3.8) is 0 Å². The molecule has 0 radical (unpaired) electrons. The van der Waals surface area contributed by atoms with E-state index < -0.39 is 11.6 Å². The quantitative estimate of drug-likeness (QED) is 0.623. The van der Waals surface area contributed by atoms with Crippen LogP contribution in [0.3, 0.4) is 0 Å². The maximum absolute atomic E-state index is 14.4. The Balaban J connectivity index is 1.45. The van der Waals surface area contributed by atoms with Gasteiger partial charge in [0.05, 0.1) is 30.0 Å². The molecule has 6 heteroatoms. The fourth-order valence-corrected chi connectivity index (χ4v) is 4.55. The average molecular weight is 400 g/mol. The number of aromatic amines is 1. The molecule has 2 fully saturated rings. The number of nitrogens with one attached hydrogen (secondary N) is 2. The highest BCUT2D eigenvalue weighted by Crippen LogP contribution is 2.48. The minimum Gasteiger partial charge on any atom is -0.377 e. The third-order valence-corrected chi connectivity index (χ3v) is 6.30. The molecule has 152 valence electrons. The van der Waals surface area contributed by atoms with Crippen LogP contribution in [0.15, 0.2) is 36.4 Å². The molecule has 2 N–H and O–H groups in total. The van der Waals surface area contributed by atoms with Gasteiger partial charge in [-0.3, -0.25) is 0 Å². The number of rotatable bonds is 5. The zero-order chi connectivity index (χ0) is 20.2. The Bertz CT molecular complexity index is 1050. The largest absolute Gasteiger partial charge is 0.377 e. The predicted octanol–water partition coefficient (Wildman–Crippen LogP) is 5.12. The zero-order valence-corrected chi connectivity index (χ0v) is 16.2. The van der Waals surface area contributed by atoms with Crippen molar-refractivity contribution in [1.82, 2.24) is 10.3 Å². The summed E-state index contributed by atoms with van der Waals surface area (Å²) in [5.41, 5.74) is 2.83. The summed E-state index contributed by atoms with van der Waals surface area (Å²) in [6.45, 7) is 4.54. The Morgan fingerprint density at radius 1 is 1.07 bits per heavy atom. The molecule has 1 saturated carbocycles. The molecule has 29 heavy (non-hydrogen) atoms. The lowest BCUT2D eigenvalue weighted by Crippen LogP contribution is -2.59. The van der Waals surface area contributed by atoms with Gasteiger partial charge in [0.25, 0.3) is 0 Å². The summed E-state index contributed by atoms with van der Waals surface area (Å²) >= 11 is 0. The smallest absolute Gasteiger partial charge is 0.150 e. The lowest BCUT2D eigenvalue weighted by Gasteiger charge is -2.43. The van der Waals surface area contributed by atoms with Gasteiger partial charge >= 0.3 is 0 Å². The average Bonchev–Trinajstić information content (AvgIpc) is 2.99. The van der Waals surface area contributed by atoms with Crippen LogP contribution in [0.1, 0.15) is 31.2 Å². The van der Waals surface area contributed by atoms with E-state index in [0.717, 1.165) is 55.5 Å². The van der Waals surface area contributed by atoms with E-state index >= 15 is 0 Å². The molecule has 0 spiro atoms. The zero-order valence-electron chi connectivity index (χ0n) is 16.2. The molecular formula is C23H23F3N2O. The summed E-state index contributed by atoms with van der Waals surface area (Å²) in [5, 5.41) is 4.16. The summed E-state index contributed by atoms with van der Waals surface area (Å²) in [6, 6.07) is 8.41. The molecule has 0 unspecified atom stereocenters. The molecule has 3 aromatic rings. The molecule has 2 aromatic carbocycles. The first-order chi connectivity index (χ1) is 13.9. The number of halogens is 3. The van der Waals surface area contributed by atoms with Crippen LogP contribution in [0.4, 0.5) is 13.2 Å². The summed E-state index contributed by atoms with van der Waals surface area (Å²) in [6.07, 6.45) is 1.90. The molecule has 2 aliphatic rings. The minimum absolute atomic E-state index is 0.0669. The number of aromatic nitrogens is 1. The first kappa shape index (κ1) is 18.7. The van der Waals surface area contributed by atoms with Gasteiger partial charge in [-0.2, -0.15) is 0 Å². The molecule has 3 nitrogen and oxygen atoms in total. The number of hydrogen-bond acceptors (Lipinski definition) is 2. The van der Waals surface area contributed by atoms with E-state index in [1.54, 1.807) is 12.1 Å². The van der Waals surface area contributed by atoms with E-state index in [2.05, 4.69) is 17.2 Å². The Morgan fingerprint density at radius 2 is 1.79 bits per heavy atom. The van der Waals surface area contributed by atoms with Crippen LogP contribution in [-0.2, 0) is 4.74 Å². The van der Waals surface area contributed by atoms with Crippen molar-refractivity contribution < 1.29 is 17.9 Å².